The first-order valence-electron chi connectivity index (χ1n) is 5.16. The van der Waals surface area contributed by atoms with E-state index in [0.717, 1.165) is 14.9 Å². The van der Waals surface area contributed by atoms with Crippen molar-refractivity contribution in [1.82, 2.24) is 0 Å². The van der Waals surface area contributed by atoms with E-state index >= 15 is 0 Å². The van der Waals surface area contributed by atoms with E-state index in [1.807, 2.05) is 32.0 Å². The molecule has 0 unspecified atom stereocenters. The largest absolute Gasteiger partial charge is 0.398 e. The number of carbonyl (C=O) groups excluding carboxylic acids is 1. The number of ketones is 1. The van der Waals surface area contributed by atoms with Gasteiger partial charge in [-0.3, -0.25) is 4.79 Å². The van der Waals surface area contributed by atoms with Gasteiger partial charge in [0, 0.05) is 20.6 Å². The molecule has 0 radical (unpaired) electrons. The average molecular weight is 310 g/mol. The first-order chi connectivity index (χ1) is 8.00. The molecule has 0 aliphatic rings. The lowest BCUT2D eigenvalue weighted by Crippen LogP contribution is -2.04. The van der Waals surface area contributed by atoms with Crippen molar-refractivity contribution >= 4 is 38.7 Å². The number of para-hydroxylation sites is 1. The lowest BCUT2D eigenvalue weighted by Gasteiger charge is -2.05. The molecule has 0 saturated heterocycles. The Bertz CT molecular complexity index is 570. The second-order valence-corrected chi connectivity index (χ2v) is 5.99. The number of carbonyl (C=O) groups is 1. The van der Waals surface area contributed by atoms with Crippen LogP contribution in [-0.4, -0.2) is 5.78 Å². The summed E-state index contributed by atoms with van der Waals surface area (Å²) in [6.45, 7) is 3.88. The summed E-state index contributed by atoms with van der Waals surface area (Å²) in [5, 5.41) is 0. The van der Waals surface area contributed by atoms with Gasteiger partial charge in [-0.2, -0.15) is 0 Å². The summed E-state index contributed by atoms with van der Waals surface area (Å²) in [4.78, 5) is 14.1. The van der Waals surface area contributed by atoms with Crippen LogP contribution in [0, 0.1) is 13.8 Å². The van der Waals surface area contributed by atoms with Crippen molar-refractivity contribution in [2.75, 3.05) is 5.73 Å². The molecular weight excluding hydrogens is 298 g/mol. The highest BCUT2D eigenvalue weighted by molar-refractivity contribution is 9.10. The molecule has 1 aromatic heterocycles. The first-order valence-corrected chi connectivity index (χ1v) is 6.77. The van der Waals surface area contributed by atoms with Crippen LogP contribution in [0.4, 0.5) is 5.69 Å². The molecule has 0 fully saturated rings. The molecule has 0 spiro atoms. The minimum absolute atomic E-state index is 0.00926. The maximum atomic E-state index is 12.3. The number of hydrogen-bond acceptors (Lipinski definition) is 3. The molecule has 2 aromatic rings. The highest BCUT2D eigenvalue weighted by Crippen LogP contribution is 2.29. The maximum Gasteiger partial charge on any atom is 0.205 e. The highest BCUT2D eigenvalue weighted by atomic mass is 79.9. The van der Waals surface area contributed by atoms with Crippen molar-refractivity contribution in [2.24, 2.45) is 0 Å². The van der Waals surface area contributed by atoms with E-state index in [1.54, 1.807) is 6.07 Å². The lowest BCUT2D eigenvalue weighted by atomic mass is 10.0. The number of rotatable bonds is 2. The standard InChI is InChI=1S/C13H12BrNOS/c1-7-4-3-5-9(12(7)15)13(16)11-6-10(14)8(2)17-11/h3-6H,15H2,1-2H3. The smallest absolute Gasteiger partial charge is 0.205 e. The second kappa shape index (κ2) is 4.63. The number of nitrogens with two attached hydrogens (primary N) is 1. The van der Waals surface area contributed by atoms with Crippen molar-refractivity contribution < 1.29 is 4.79 Å². The number of halogens is 1. The molecule has 17 heavy (non-hydrogen) atoms. The van der Waals surface area contributed by atoms with Gasteiger partial charge in [0.15, 0.2) is 0 Å². The van der Waals surface area contributed by atoms with E-state index < -0.39 is 0 Å². The van der Waals surface area contributed by atoms with Gasteiger partial charge in [-0.15, -0.1) is 11.3 Å². The van der Waals surface area contributed by atoms with E-state index in [4.69, 9.17) is 5.73 Å². The van der Waals surface area contributed by atoms with E-state index in [1.165, 1.54) is 11.3 Å². The van der Waals surface area contributed by atoms with Gasteiger partial charge >= 0.3 is 0 Å². The van der Waals surface area contributed by atoms with Crippen LogP contribution in [0.1, 0.15) is 25.7 Å². The minimum Gasteiger partial charge on any atom is -0.398 e. The van der Waals surface area contributed by atoms with Crippen molar-refractivity contribution in [2.45, 2.75) is 13.8 Å². The Hall–Kier alpha value is -1.13. The van der Waals surface area contributed by atoms with Crippen LogP contribution in [0.5, 0.6) is 0 Å². The summed E-state index contributed by atoms with van der Waals surface area (Å²) in [5.74, 6) is -0.00926. The SMILES string of the molecule is Cc1cccc(C(=O)c2cc(Br)c(C)s2)c1N. The molecule has 2 N–H and O–H groups in total. The Morgan fingerprint density at radius 1 is 1.35 bits per heavy atom. The van der Waals surface area contributed by atoms with Crippen LogP contribution in [0.2, 0.25) is 0 Å². The van der Waals surface area contributed by atoms with Crippen LogP contribution >= 0.6 is 27.3 Å². The van der Waals surface area contributed by atoms with Gasteiger partial charge in [0.25, 0.3) is 0 Å². The summed E-state index contributed by atoms with van der Waals surface area (Å²) >= 11 is 4.90. The second-order valence-electron chi connectivity index (χ2n) is 3.88. The summed E-state index contributed by atoms with van der Waals surface area (Å²) in [6, 6.07) is 7.38. The summed E-state index contributed by atoms with van der Waals surface area (Å²) in [7, 11) is 0. The zero-order valence-electron chi connectivity index (χ0n) is 9.58. The fourth-order valence-corrected chi connectivity index (χ4v) is 3.07. The molecule has 0 amide bonds. The fraction of sp³-hybridized carbons (Fsp3) is 0.154. The van der Waals surface area contributed by atoms with E-state index in [0.29, 0.717) is 16.1 Å². The first kappa shape index (κ1) is 12.3. The normalized spacial score (nSPS) is 10.5. The molecule has 4 heteroatoms. The third-order valence-electron chi connectivity index (χ3n) is 2.65. The third-order valence-corrected chi connectivity index (χ3v) is 4.79. The van der Waals surface area contributed by atoms with Crippen molar-refractivity contribution in [1.29, 1.82) is 0 Å². The molecule has 0 bridgehead atoms. The van der Waals surface area contributed by atoms with Crippen LogP contribution in [0.3, 0.4) is 0 Å². The summed E-state index contributed by atoms with van der Waals surface area (Å²) in [6.07, 6.45) is 0. The van der Waals surface area contributed by atoms with Gasteiger partial charge in [-0.05, 0) is 47.5 Å². The van der Waals surface area contributed by atoms with Crippen LogP contribution in [0.15, 0.2) is 28.7 Å². The number of benzene rings is 1. The topological polar surface area (TPSA) is 43.1 Å². The predicted octanol–water partition coefficient (Wildman–Crippen LogP) is 3.94. The summed E-state index contributed by atoms with van der Waals surface area (Å²) < 4.78 is 0.970. The molecule has 0 saturated carbocycles. The van der Waals surface area contributed by atoms with Crippen molar-refractivity contribution in [3.05, 3.63) is 49.6 Å². The fourth-order valence-electron chi connectivity index (χ4n) is 1.58. The van der Waals surface area contributed by atoms with Crippen LogP contribution in [0.25, 0.3) is 0 Å². The van der Waals surface area contributed by atoms with E-state index in [2.05, 4.69) is 15.9 Å². The summed E-state index contributed by atoms with van der Waals surface area (Å²) in [5.41, 5.74) is 8.02. The maximum absolute atomic E-state index is 12.3. The monoisotopic (exact) mass is 309 g/mol. The zero-order valence-corrected chi connectivity index (χ0v) is 12.0. The molecule has 1 aromatic carbocycles. The van der Waals surface area contributed by atoms with Gasteiger partial charge in [-0.25, -0.2) is 0 Å². The van der Waals surface area contributed by atoms with Crippen LogP contribution < -0.4 is 5.73 Å². The molecular formula is C13H12BrNOS. The van der Waals surface area contributed by atoms with Gasteiger partial charge < -0.3 is 5.73 Å². The van der Waals surface area contributed by atoms with Crippen LogP contribution in [-0.2, 0) is 0 Å². The Morgan fingerprint density at radius 3 is 2.65 bits per heavy atom. The number of nitrogen functional groups attached to an aromatic ring is 1. The minimum atomic E-state index is -0.00926. The number of hydrogen-bond donors (Lipinski definition) is 1. The molecule has 88 valence electrons. The molecule has 0 aliphatic heterocycles. The molecule has 0 atom stereocenters. The Morgan fingerprint density at radius 2 is 2.06 bits per heavy atom. The molecule has 0 aliphatic carbocycles. The highest BCUT2D eigenvalue weighted by Gasteiger charge is 2.16. The van der Waals surface area contributed by atoms with Gasteiger partial charge in [0.05, 0.1) is 4.88 Å². The van der Waals surface area contributed by atoms with Crippen molar-refractivity contribution in [3.8, 4) is 0 Å². The van der Waals surface area contributed by atoms with Gasteiger partial charge in [0.2, 0.25) is 5.78 Å². The molecule has 2 nitrogen and oxygen atoms in total. The third kappa shape index (κ3) is 2.28. The number of thiophene rings is 1. The Labute approximate surface area is 113 Å². The Kier molecular flexibility index (Phi) is 3.35. The number of aryl methyl sites for hydroxylation is 2. The zero-order chi connectivity index (χ0) is 12.6. The Balaban J connectivity index is 2.47. The van der Waals surface area contributed by atoms with Gasteiger partial charge in [0.1, 0.15) is 0 Å². The molecule has 1 heterocycles. The average Bonchev–Trinajstić information content (AvgIpc) is 2.62. The van der Waals surface area contributed by atoms with Crippen molar-refractivity contribution in [3.63, 3.8) is 0 Å². The van der Waals surface area contributed by atoms with E-state index in [9.17, 15) is 4.79 Å². The van der Waals surface area contributed by atoms with Gasteiger partial charge in [-0.1, -0.05) is 12.1 Å². The molecule has 2 rings (SSSR count). The van der Waals surface area contributed by atoms with E-state index in [-0.39, 0.29) is 5.78 Å². The predicted molar refractivity (Wildman–Crippen MR) is 75.8 cm³/mol. The quantitative estimate of drug-likeness (QED) is 0.674. The number of anilines is 1. The lowest BCUT2D eigenvalue weighted by molar-refractivity contribution is 0.104.